The van der Waals surface area contributed by atoms with Crippen molar-refractivity contribution in [3.8, 4) is 11.5 Å². The summed E-state index contributed by atoms with van der Waals surface area (Å²) in [4.78, 5) is 27.9. The van der Waals surface area contributed by atoms with Gasteiger partial charge in [-0.25, -0.2) is 0 Å². The number of amidine groups is 1. The molecule has 0 saturated carbocycles. The van der Waals surface area contributed by atoms with Gasteiger partial charge < -0.3 is 19.6 Å². The Labute approximate surface area is 286 Å². The molecule has 9 nitrogen and oxygen atoms in total. The number of phenols is 1. The van der Waals surface area contributed by atoms with Crippen LogP contribution < -0.4 is 10.1 Å². The number of rotatable bonds is 9. The first kappa shape index (κ1) is 32.0. The number of nitrogens with zero attached hydrogens (tertiary/aromatic N) is 3. The largest absolute Gasteiger partial charge is 0.506 e. The van der Waals surface area contributed by atoms with Crippen molar-refractivity contribution in [2.75, 3.05) is 11.9 Å². The average molecular weight is 824 g/mol. The van der Waals surface area contributed by atoms with Gasteiger partial charge in [0.05, 0.1) is 28.4 Å². The number of furan rings is 1. The number of halogens is 4. The summed E-state index contributed by atoms with van der Waals surface area (Å²) in [5.41, 5.74) is 1.58. The van der Waals surface area contributed by atoms with Crippen LogP contribution in [0.2, 0.25) is 5.02 Å². The number of carbonyl (C=O) groups excluding carboxylic acids is 2. The Balaban J connectivity index is 1.39. The third-order valence-corrected chi connectivity index (χ3v) is 8.73. The molecule has 0 aliphatic carbocycles. The van der Waals surface area contributed by atoms with Crippen molar-refractivity contribution in [1.82, 2.24) is 4.90 Å². The van der Waals surface area contributed by atoms with Gasteiger partial charge in [0.25, 0.3) is 11.8 Å². The fraction of sp³-hybridized carbons (Fsp3) is 0.0667. The van der Waals surface area contributed by atoms with E-state index in [1.807, 2.05) is 0 Å². The number of carbonyl (C=O) groups is 2. The number of benzene rings is 3. The standard InChI is InChI=1S/C30H20Br3ClN4O5S/c31-19-3-8-25(43-16-27(39)36-22-6-4-21(34)5-7-22)17(10-19)12-26-29(41)38(15-23-2-1-9-42-23)30(44-26)37-35-14-18-11-20(32)13-24(33)28(18)40/h1-14,40H,15-16H2,(H,36,39)/b26-12-,35-14+,37-30-. The van der Waals surface area contributed by atoms with Crippen LogP contribution in [0.3, 0.4) is 0 Å². The second kappa shape index (κ2) is 14.6. The number of hydrogen-bond acceptors (Lipinski definition) is 8. The molecule has 1 saturated heterocycles. The smallest absolute Gasteiger partial charge is 0.267 e. The lowest BCUT2D eigenvalue weighted by molar-refractivity contribution is -0.122. The van der Waals surface area contributed by atoms with Gasteiger partial charge in [-0.05, 0) is 100 Å². The summed E-state index contributed by atoms with van der Waals surface area (Å²) in [7, 11) is 0. The second-order valence-electron chi connectivity index (χ2n) is 9.06. The van der Waals surface area contributed by atoms with Crippen molar-refractivity contribution in [2.24, 2.45) is 10.2 Å². The van der Waals surface area contributed by atoms with Gasteiger partial charge in [0.1, 0.15) is 17.3 Å². The first-order valence-corrected chi connectivity index (χ1v) is 16.2. The van der Waals surface area contributed by atoms with E-state index in [1.54, 1.807) is 72.8 Å². The van der Waals surface area contributed by atoms with Gasteiger partial charge in [0.15, 0.2) is 11.8 Å². The molecule has 1 aliphatic heterocycles. The Morgan fingerprint density at radius 1 is 1.07 bits per heavy atom. The van der Waals surface area contributed by atoms with Gasteiger partial charge in [-0.15, -0.1) is 5.10 Å². The van der Waals surface area contributed by atoms with Crippen LogP contribution in [-0.4, -0.2) is 39.8 Å². The summed E-state index contributed by atoms with van der Waals surface area (Å²) >= 11 is 17.2. The van der Waals surface area contributed by atoms with Crippen LogP contribution in [0, 0.1) is 0 Å². The molecule has 14 heteroatoms. The highest BCUT2D eigenvalue weighted by Crippen LogP contribution is 2.36. The van der Waals surface area contributed by atoms with Crippen LogP contribution in [0.25, 0.3) is 6.08 Å². The first-order chi connectivity index (χ1) is 21.2. The summed E-state index contributed by atoms with van der Waals surface area (Å²) in [5, 5.41) is 22.4. The van der Waals surface area contributed by atoms with Gasteiger partial charge in [0.2, 0.25) is 0 Å². The van der Waals surface area contributed by atoms with Gasteiger partial charge in [-0.1, -0.05) is 43.5 Å². The van der Waals surface area contributed by atoms with Crippen LogP contribution in [0.1, 0.15) is 16.9 Å². The molecular weight excluding hydrogens is 804 g/mol. The fourth-order valence-electron chi connectivity index (χ4n) is 3.88. The number of thioether (sulfide) groups is 1. The van der Waals surface area contributed by atoms with Gasteiger partial charge in [-0.2, -0.15) is 5.10 Å². The molecule has 4 aromatic rings. The lowest BCUT2D eigenvalue weighted by atomic mass is 10.2. The van der Waals surface area contributed by atoms with E-state index in [2.05, 4.69) is 63.3 Å². The summed E-state index contributed by atoms with van der Waals surface area (Å²) in [6.07, 6.45) is 4.59. The molecule has 2 heterocycles. The number of hydrogen-bond donors (Lipinski definition) is 2. The highest BCUT2D eigenvalue weighted by molar-refractivity contribution is 9.11. The maximum absolute atomic E-state index is 13.6. The van der Waals surface area contributed by atoms with Crippen LogP contribution in [-0.2, 0) is 16.1 Å². The third-order valence-electron chi connectivity index (χ3n) is 5.93. The van der Waals surface area contributed by atoms with Crippen molar-refractivity contribution < 1.29 is 23.8 Å². The molecule has 0 atom stereocenters. The lowest BCUT2D eigenvalue weighted by Crippen LogP contribution is -2.28. The van der Waals surface area contributed by atoms with E-state index in [4.69, 9.17) is 20.8 Å². The third kappa shape index (κ3) is 8.21. The summed E-state index contributed by atoms with van der Waals surface area (Å²) in [6.45, 7) is -0.128. The highest BCUT2D eigenvalue weighted by Gasteiger charge is 2.34. The minimum Gasteiger partial charge on any atom is -0.506 e. The lowest BCUT2D eigenvalue weighted by Gasteiger charge is -2.13. The second-order valence-corrected chi connectivity index (χ2v) is 13.2. The molecule has 224 valence electrons. The average Bonchev–Trinajstić information content (AvgIpc) is 3.60. The molecule has 3 aromatic carbocycles. The van der Waals surface area contributed by atoms with E-state index in [0.29, 0.717) is 47.9 Å². The topological polar surface area (TPSA) is 117 Å². The zero-order chi connectivity index (χ0) is 31.2. The summed E-state index contributed by atoms with van der Waals surface area (Å²) < 4.78 is 13.3. The Hall–Kier alpha value is -3.36. The molecule has 2 N–H and O–H groups in total. The number of ether oxygens (including phenoxy) is 1. The minimum absolute atomic E-state index is 0.00404. The molecule has 1 aromatic heterocycles. The monoisotopic (exact) mass is 820 g/mol. The van der Waals surface area contributed by atoms with E-state index >= 15 is 0 Å². The van der Waals surface area contributed by atoms with E-state index in [-0.39, 0.29) is 30.7 Å². The maximum Gasteiger partial charge on any atom is 0.267 e. The number of phenolic OH excluding ortho intramolecular Hbond substituents is 1. The quantitative estimate of drug-likeness (QED) is 0.0995. The molecule has 0 radical (unpaired) electrons. The van der Waals surface area contributed by atoms with Gasteiger partial charge in [-0.3, -0.25) is 14.5 Å². The molecule has 0 spiro atoms. The molecular formula is C30H20Br3ClN4O5S. The summed E-state index contributed by atoms with van der Waals surface area (Å²) in [6, 6.07) is 18.9. The highest BCUT2D eigenvalue weighted by atomic mass is 79.9. The number of nitrogens with one attached hydrogen (secondary N) is 1. The van der Waals surface area contributed by atoms with Gasteiger partial charge in [0, 0.05) is 30.8 Å². The van der Waals surface area contributed by atoms with E-state index in [9.17, 15) is 14.7 Å². The number of amides is 2. The molecule has 44 heavy (non-hydrogen) atoms. The number of aromatic hydroxyl groups is 1. The molecule has 1 aliphatic rings. The predicted octanol–water partition coefficient (Wildman–Crippen LogP) is 8.45. The molecule has 0 bridgehead atoms. The number of anilines is 1. The summed E-state index contributed by atoms with van der Waals surface area (Å²) in [5.74, 6) is 0.283. The van der Waals surface area contributed by atoms with Crippen LogP contribution in [0.4, 0.5) is 5.69 Å². The Morgan fingerprint density at radius 3 is 2.59 bits per heavy atom. The van der Waals surface area contributed by atoms with Crippen molar-refractivity contribution in [2.45, 2.75) is 6.54 Å². The van der Waals surface area contributed by atoms with Crippen molar-refractivity contribution in [3.05, 3.63) is 113 Å². The molecule has 5 rings (SSSR count). The van der Waals surface area contributed by atoms with Crippen LogP contribution in [0.15, 0.2) is 106 Å². The minimum atomic E-state index is -0.361. The predicted molar refractivity (Wildman–Crippen MR) is 183 cm³/mol. The maximum atomic E-state index is 13.6. The Kier molecular flexibility index (Phi) is 10.6. The van der Waals surface area contributed by atoms with Crippen molar-refractivity contribution >= 4 is 106 Å². The van der Waals surface area contributed by atoms with Crippen LogP contribution >= 0.6 is 71.2 Å². The zero-order valence-corrected chi connectivity index (χ0v) is 28.7. The molecule has 1 fully saturated rings. The van der Waals surface area contributed by atoms with Gasteiger partial charge >= 0.3 is 0 Å². The van der Waals surface area contributed by atoms with E-state index in [1.165, 1.54) is 17.4 Å². The Morgan fingerprint density at radius 2 is 1.84 bits per heavy atom. The molecule has 0 unspecified atom stereocenters. The molecule has 2 amide bonds. The first-order valence-electron chi connectivity index (χ1n) is 12.7. The van der Waals surface area contributed by atoms with E-state index < -0.39 is 0 Å². The normalized spacial score (nSPS) is 15.1. The SMILES string of the molecule is O=C(COc1ccc(Br)cc1/C=C1\S/C(=N\N=C\c2cc(Br)cc(Br)c2O)N(Cc2ccco2)C1=O)Nc1ccc(Cl)cc1. The zero-order valence-electron chi connectivity index (χ0n) is 22.3. The van der Waals surface area contributed by atoms with Crippen molar-refractivity contribution in [3.63, 3.8) is 0 Å². The fourth-order valence-corrected chi connectivity index (χ4v) is 6.57. The van der Waals surface area contributed by atoms with Crippen molar-refractivity contribution in [1.29, 1.82) is 0 Å². The Bertz CT molecular complexity index is 1800. The van der Waals surface area contributed by atoms with E-state index in [0.717, 1.165) is 20.7 Å². The van der Waals surface area contributed by atoms with Crippen LogP contribution in [0.5, 0.6) is 11.5 Å².